The van der Waals surface area contributed by atoms with Crippen LogP contribution < -0.4 is 4.90 Å². The number of rotatable bonds is 6. The van der Waals surface area contributed by atoms with Crippen molar-refractivity contribution in [1.82, 2.24) is 0 Å². The maximum Gasteiger partial charge on any atom is 0.0462 e. The maximum atomic E-state index is 2.39. The highest BCUT2D eigenvalue weighted by Gasteiger charge is 2.18. The molecule has 0 N–H and O–H groups in total. The van der Waals surface area contributed by atoms with E-state index < -0.39 is 0 Å². The second kappa shape index (κ2) is 14.4. The van der Waals surface area contributed by atoms with E-state index in [1.807, 2.05) is 0 Å². The monoisotopic (exact) mass is 773 g/mol. The van der Waals surface area contributed by atoms with Crippen LogP contribution in [0.1, 0.15) is 0 Å². The Kier molecular flexibility index (Phi) is 8.25. The lowest BCUT2D eigenvalue weighted by molar-refractivity contribution is 1.28. The molecule has 0 heterocycles. The predicted molar refractivity (Wildman–Crippen MR) is 262 cm³/mol. The summed E-state index contributed by atoms with van der Waals surface area (Å²) in [5, 5.41) is 15.1. The van der Waals surface area contributed by atoms with Gasteiger partial charge in [-0.3, -0.25) is 0 Å². The second-order valence-electron chi connectivity index (χ2n) is 16.1. The molecule has 0 bridgehead atoms. The maximum absolute atomic E-state index is 2.39. The highest BCUT2D eigenvalue weighted by atomic mass is 15.1. The summed E-state index contributed by atoms with van der Waals surface area (Å²) in [6.45, 7) is 0. The van der Waals surface area contributed by atoms with E-state index in [-0.39, 0.29) is 0 Å². The van der Waals surface area contributed by atoms with Crippen LogP contribution in [0.25, 0.3) is 98.0 Å². The van der Waals surface area contributed by atoms with Crippen molar-refractivity contribution in [2.24, 2.45) is 0 Å². The minimum absolute atomic E-state index is 1.10. The average molecular weight is 774 g/mol. The van der Waals surface area contributed by atoms with Gasteiger partial charge in [0.2, 0.25) is 0 Å². The van der Waals surface area contributed by atoms with Crippen molar-refractivity contribution in [3.63, 3.8) is 0 Å². The molecule has 0 fully saturated rings. The molecular formula is C60H39N. The molecule has 0 unspecified atom stereocenters. The van der Waals surface area contributed by atoms with Gasteiger partial charge in [0.25, 0.3) is 0 Å². The lowest BCUT2D eigenvalue weighted by atomic mass is 9.91. The van der Waals surface area contributed by atoms with Gasteiger partial charge in [-0.1, -0.05) is 182 Å². The van der Waals surface area contributed by atoms with Crippen LogP contribution in [-0.2, 0) is 0 Å². The third-order valence-corrected chi connectivity index (χ3v) is 12.6. The van der Waals surface area contributed by atoms with E-state index in [9.17, 15) is 0 Å². The van der Waals surface area contributed by atoms with Gasteiger partial charge in [0.1, 0.15) is 0 Å². The normalized spacial score (nSPS) is 11.6. The summed E-state index contributed by atoms with van der Waals surface area (Å²) >= 11 is 0. The Balaban J connectivity index is 1.01. The van der Waals surface area contributed by atoms with E-state index in [2.05, 4.69) is 241 Å². The molecule has 284 valence electrons. The van der Waals surface area contributed by atoms with Crippen molar-refractivity contribution in [3.05, 3.63) is 237 Å². The van der Waals surface area contributed by atoms with Gasteiger partial charge in [-0.2, -0.15) is 0 Å². The van der Waals surface area contributed by atoms with E-state index in [1.165, 1.54) is 98.0 Å². The molecule has 0 atom stereocenters. The second-order valence-corrected chi connectivity index (χ2v) is 16.1. The molecule has 0 aliphatic rings. The molecule has 0 aromatic heterocycles. The third kappa shape index (κ3) is 5.93. The van der Waals surface area contributed by atoms with E-state index in [0.29, 0.717) is 0 Å². The molecule has 1 heteroatoms. The van der Waals surface area contributed by atoms with Crippen LogP contribution in [0.15, 0.2) is 237 Å². The van der Waals surface area contributed by atoms with Gasteiger partial charge >= 0.3 is 0 Å². The van der Waals surface area contributed by atoms with Crippen molar-refractivity contribution in [2.75, 3.05) is 4.90 Å². The summed E-state index contributed by atoms with van der Waals surface area (Å²) in [7, 11) is 0. The fraction of sp³-hybridized carbons (Fsp3) is 0. The third-order valence-electron chi connectivity index (χ3n) is 12.6. The van der Waals surface area contributed by atoms with E-state index >= 15 is 0 Å². The molecule has 0 saturated heterocycles. The first-order chi connectivity index (χ1) is 30.2. The molecule has 12 aromatic carbocycles. The fourth-order valence-corrected chi connectivity index (χ4v) is 9.75. The topological polar surface area (TPSA) is 3.24 Å². The van der Waals surface area contributed by atoms with E-state index in [1.54, 1.807) is 0 Å². The molecule has 0 aliphatic carbocycles. The van der Waals surface area contributed by atoms with Crippen molar-refractivity contribution in [1.29, 1.82) is 0 Å². The molecule has 61 heavy (non-hydrogen) atoms. The minimum Gasteiger partial charge on any atom is -0.311 e. The summed E-state index contributed by atoms with van der Waals surface area (Å²) < 4.78 is 0. The number of nitrogens with zero attached hydrogens (tertiary/aromatic N) is 1. The summed E-state index contributed by atoms with van der Waals surface area (Å²) in [5.74, 6) is 0. The molecule has 0 spiro atoms. The van der Waals surface area contributed by atoms with Crippen molar-refractivity contribution in [2.45, 2.75) is 0 Å². The van der Waals surface area contributed by atoms with Crippen LogP contribution in [0.5, 0.6) is 0 Å². The van der Waals surface area contributed by atoms with Crippen molar-refractivity contribution >= 4 is 81.7 Å². The smallest absolute Gasteiger partial charge is 0.0462 e. The molecule has 12 rings (SSSR count). The van der Waals surface area contributed by atoms with Gasteiger partial charge in [0.05, 0.1) is 0 Å². The lowest BCUT2D eigenvalue weighted by Gasteiger charge is -2.26. The van der Waals surface area contributed by atoms with Gasteiger partial charge in [-0.15, -0.1) is 0 Å². The van der Waals surface area contributed by atoms with Crippen LogP contribution in [0.3, 0.4) is 0 Å². The fourth-order valence-electron chi connectivity index (χ4n) is 9.75. The van der Waals surface area contributed by atoms with Gasteiger partial charge in [-0.25, -0.2) is 0 Å². The predicted octanol–water partition coefficient (Wildman–Crippen LogP) is 17.1. The van der Waals surface area contributed by atoms with E-state index in [0.717, 1.165) is 17.1 Å². The van der Waals surface area contributed by atoms with Gasteiger partial charge in [-0.05, 0) is 153 Å². The van der Waals surface area contributed by atoms with E-state index in [4.69, 9.17) is 0 Å². The number of hydrogen-bond acceptors (Lipinski definition) is 1. The van der Waals surface area contributed by atoms with Crippen LogP contribution in [0.4, 0.5) is 17.1 Å². The Labute approximate surface area is 355 Å². The molecule has 0 radical (unpaired) electrons. The highest BCUT2D eigenvalue weighted by Crippen LogP contribution is 2.43. The van der Waals surface area contributed by atoms with Crippen LogP contribution >= 0.6 is 0 Å². The Morgan fingerprint density at radius 1 is 0.197 bits per heavy atom. The van der Waals surface area contributed by atoms with Crippen LogP contribution in [0.2, 0.25) is 0 Å². The Morgan fingerprint density at radius 3 is 0.607 bits per heavy atom. The first-order valence-electron chi connectivity index (χ1n) is 21.1. The molecular weight excluding hydrogens is 735 g/mol. The molecule has 0 saturated carbocycles. The Morgan fingerprint density at radius 2 is 0.393 bits per heavy atom. The quantitative estimate of drug-likeness (QED) is 0.152. The molecule has 0 amide bonds. The highest BCUT2D eigenvalue weighted by molar-refractivity contribution is 6.15. The average Bonchev–Trinajstić information content (AvgIpc) is 3.32. The first-order valence-corrected chi connectivity index (χ1v) is 21.1. The number of hydrogen-bond donors (Lipinski definition) is 0. The summed E-state index contributed by atoms with van der Waals surface area (Å²) in [5.41, 5.74) is 10.7. The van der Waals surface area contributed by atoms with Gasteiger partial charge in [0.15, 0.2) is 0 Å². The lowest BCUT2D eigenvalue weighted by Crippen LogP contribution is -2.09. The zero-order valence-electron chi connectivity index (χ0n) is 33.5. The van der Waals surface area contributed by atoms with Crippen LogP contribution in [0, 0.1) is 0 Å². The zero-order chi connectivity index (χ0) is 40.3. The number of anilines is 3. The Bertz CT molecular complexity index is 3070. The largest absolute Gasteiger partial charge is 0.311 e. The minimum atomic E-state index is 1.10. The summed E-state index contributed by atoms with van der Waals surface area (Å²) in [6.07, 6.45) is 0. The zero-order valence-corrected chi connectivity index (χ0v) is 33.5. The van der Waals surface area contributed by atoms with Gasteiger partial charge in [0, 0.05) is 17.1 Å². The van der Waals surface area contributed by atoms with Crippen LogP contribution in [-0.4, -0.2) is 0 Å². The number of fused-ring (bicyclic) bond motifs is 6. The number of benzene rings is 12. The molecule has 0 aliphatic heterocycles. The van der Waals surface area contributed by atoms with Crippen molar-refractivity contribution < 1.29 is 0 Å². The van der Waals surface area contributed by atoms with Gasteiger partial charge < -0.3 is 4.90 Å². The molecule has 1 nitrogen and oxygen atoms in total. The Hall–Kier alpha value is -8.00. The first kappa shape index (κ1) is 35.0. The standard InChI is InChI=1S/C60H39N/c1-7-19-52-43(13-1)37-44-14-2-8-20-53(44)58(52)40-25-31-49(32-26-40)61(50-33-27-41(28-34-50)59-54-21-9-3-15-45(54)38-46-16-4-10-22-55(46)59)51-35-29-42(30-36-51)60-56-23-11-5-17-47(56)39-48-18-6-12-24-57(48)60/h1-39H. The summed E-state index contributed by atoms with van der Waals surface area (Å²) in [4.78, 5) is 2.39. The molecule has 12 aromatic rings. The van der Waals surface area contributed by atoms with Crippen molar-refractivity contribution in [3.8, 4) is 33.4 Å². The SMILES string of the molecule is c1ccc2c(-c3ccc(N(c4ccc(-c5c6ccccc6cc6ccccc56)cc4)c4ccc(-c5c6ccccc6cc6ccccc56)cc4)cc3)c3ccccc3cc2c1. The summed E-state index contributed by atoms with van der Waals surface area (Å²) in [6, 6.07) is 86.8.